The molecule has 0 saturated carbocycles. The van der Waals surface area contributed by atoms with Gasteiger partial charge in [-0.25, -0.2) is 12.8 Å². The van der Waals surface area contributed by atoms with Gasteiger partial charge in [0, 0.05) is 16.0 Å². The zero-order valence-corrected chi connectivity index (χ0v) is 17.7. The van der Waals surface area contributed by atoms with Gasteiger partial charge in [0.1, 0.15) is 5.82 Å². The SMILES string of the molecule is CCc1ccc(N(Cc2ccc(F)cc2Cl)C2=NC3CS(=O)(=O)CC3S2)cc1. The van der Waals surface area contributed by atoms with Gasteiger partial charge in [0.05, 0.1) is 24.1 Å². The molecule has 0 spiro atoms. The summed E-state index contributed by atoms with van der Waals surface area (Å²) in [5.74, 6) is -0.108. The number of hydrogen-bond donors (Lipinski definition) is 0. The Hall–Kier alpha value is -1.57. The smallest absolute Gasteiger partial charge is 0.164 e. The van der Waals surface area contributed by atoms with E-state index in [1.165, 1.54) is 29.5 Å². The molecule has 2 aliphatic heterocycles. The maximum absolute atomic E-state index is 13.4. The lowest BCUT2D eigenvalue weighted by atomic mass is 10.1. The van der Waals surface area contributed by atoms with Crippen LogP contribution in [0.3, 0.4) is 0 Å². The van der Waals surface area contributed by atoms with Crippen molar-refractivity contribution in [2.24, 2.45) is 4.99 Å². The van der Waals surface area contributed by atoms with Crippen molar-refractivity contribution in [1.29, 1.82) is 0 Å². The molecular weight excluding hydrogens is 419 g/mol. The van der Waals surface area contributed by atoms with E-state index in [-0.39, 0.29) is 28.6 Å². The maximum Gasteiger partial charge on any atom is 0.164 e. The van der Waals surface area contributed by atoms with E-state index in [1.807, 2.05) is 17.0 Å². The second-order valence-electron chi connectivity index (χ2n) is 7.05. The average Bonchev–Trinajstić information content (AvgIpc) is 3.14. The monoisotopic (exact) mass is 438 g/mol. The Balaban J connectivity index is 1.67. The number of anilines is 1. The van der Waals surface area contributed by atoms with Crippen LogP contribution in [0.15, 0.2) is 47.5 Å². The summed E-state index contributed by atoms with van der Waals surface area (Å²) in [6.07, 6.45) is 0.946. The second-order valence-corrected chi connectivity index (χ2v) is 10.8. The molecule has 0 radical (unpaired) electrons. The van der Waals surface area contributed by atoms with Crippen molar-refractivity contribution in [3.63, 3.8) is 0 Å². The zero-order chi connectivity index (χ0) is 19.9. The minimum absolute atomic E-state index is 0.0406. The third-order valence-electron chi connectivity index (χ3n) is 5.04. The second kappa shape index (κ2) is 7.69. The fraction of sp³-hybridized carbons (Fsp3) is 0.350. The Bertz CT molecular complexity index is 1030. The number of halogens is 2. The molecule has 0 N–H and O–H groups in total. The van der Waals surface area contributed by atoms with Gasteiger partial charge >= 0.3 is 0 Å². The molecule has 0 bridgehead atoms. The lowest BCUT2D eigenvalue weighted by molar-refractivity contribution is 0.601. The fourth-order valence-corrected chi connectivity index (χ4v) is 7.48. The molecule has 2 aliphatic rings. The highest BCUT2D eigenvalue weighted by Crippen LogP contribution is 2.37. The molecule has 4 rings (SSSR count). The molecule has 2 aromatic rings. The van der Waals surface area contributed by atoms with Crippen molar-refractivity contribution in [1.82, 2.24) is 0 Å². The fourth-order valence-electron chi connectivity index (χ4n) is 3.47. The molecule has 0 aromatic heterocycles. The largest absolute Gasteiger partial charge is 0.317 e. The highest BCUT2D eigenvalue weighted by molar-refractivity contribution is 8.15. The Morgan fingerprint density at radius 2 is 1.96 bits per heavy atom. The normalized spacial score (nSPS) is 22.8. The molecular formula is C20H20ClFN2O2S2. The average molecular weight is 439 g/mol. The predicted octanol–water partition coefficient (Wildman–Crippen LogP) is 4.32. The number of hydrogen-bond acceptors (Lipinski definition) is 5. The number of amidine groups is 1. The number of nitrogens with zero attached hydrogens (tertiary/aromatic N) is 2. The van der Waals surface area contributed by atoms with Gasteiger partial charge in [-0.1, -0.05) is 48.5 Å². The third kappa shape index (κ3) is 4.07. The van der Waals surface area contributed by atoms with E-state index < -0.39 is 9.84 Å². The number of rotatable bonds is 4. The number of fused-ring (bicyclic) bond motifs is 1. The molecule has 4 nitrogen and oxygen atoms in total. The summed E-state index contributed by atoms with van der Waals surface area (Å²) in [4.78, 5) is 6.75. The lowest BCUT2D eigenvalue weighted by Crippen LogP contribution is -2.28. The van der Waals surface area contributed by atoms with Crippen molar-refractivity contribution in [2.45, 2.75) is 31.2 Å². The van der Waals surface area contributed by atoms with Gasteiger partial charge in [0.15, 0.2) is 15.0 Å². The topological polar surface area (TPSA) is 49.7 Å². The molecule has 148 valence electrons. The van der Waals surface area contributed by atoms with Crippen LogP contribution in [-0.2, 0) is 22.8 Å². The number of aryl methyl sites for hydroxylation is 1. The first-order chi connectivity index (χ1) is 13.3. The van der Waals surface area contributed by atoms with Gasteiger partial charge in [-0.15, -0.1) is 0 Å². The first-order valence-corrected chi connectivity index (χ1v) is 12.2. The molecule has 2 heterocycles. The first-order valence-electron chi connectivity index (χ1n) is 9.10. The van der Waals surface area contributed by atoms with Crippen LogP contribution in [0.4, 0.5) is 10.1 Å². The van der Waals surface area contributed by atoms with Crippen LogP contribution >= 0.6 is 23.4 Å². The lowest BCUT2D eigenvalue weighted by Gasteiger charge is -2.25. The van der Waals surface area contributed by atoms with Gasteiger partial charge in [-0.05, 0) is 41.8 Å². The summed E-state index contributed by atoms with van der Waals surface area (Å²) in [5.41, 5.74) is 2.97. The van der Waals surface area contributed by atoms with Crippen LogP contribution in [0.25, 0.3) is 0 Å². The first kappa shape index (κ1) is 19.7. The highest BCUT2D eigenvalue weighted by atomic mass is 35.5. The quantitative estimate of drug-likeness (QED) is 0.713. The molecule has 1 saturated heterocycles. The molecule has 0 aliphatic carbocycles. The predicted molar refractivity (Wildman–Crippen MR) is 115 cm³/mol. The van der Waals surface area contributed by atoms with Gasteiger partial charge < -0.3 is 4.90 Å². The highest BCUT2D eigenvalue weighted by Gasteiger charge is 2.44. The Kier molecular flexibility index (Phi) is 5.42. The van der Waals surface area contributed by atoms with Gasteiger partial charge in [-0.2, -0.15) is 0 Å². The van der Waals surface area contributed by atoms with E-state index in [2.05, 4.69) is 19.1 Å². The van der Waals surface area contributed by atoms with E-state index in [9.17, 15) is 12.8 Å². The minimum atomic E-state index is -3.01. The van der Waals surface area contributed by atoms with Crippen LogP contribution in [0, 0.1) is 5.82 Å². The minimum Gasteiger partial charge on any atom is -0.317 e. The Labute approximate surface area is 173 Å². The molecule has 0 amide bonds. The van der Waals surface area contributed by atoms with E-state index in [1.54, 1.807) is 6.07 Å². The van der Waals surface area contributed by atoms with Gasteiger partial charge in [0.2, 0.25) is 0 Å². The van der Waals surface area contributed by atoms with Crippen molar-refractivity contribution in [3.8, 4) is 0 Å². The van der Waals surface area contributed by atoms with Crippen molar-refractivity contribution >= 4 is 44.1 Å². The maximum atomic E-state index is 13.4. The molecule has 2 atom stereocenters. The van der Waals surface area contributed by atoms with E-state index in [0.717, 1.165) is 22.8 Å². The van der Waals surface area contributed by atoms with Crippen LogP contribution in [0.2, 0.25) is 5.02 Å². The zero-order valence-electron chi connectivity index (χ0n) is 15.3. The Morgan fingerprint density at radius 1 is 1.21 bits per heavy atom. The van der Waals surface area contributed by atoms with Gasteiger partial charge in [0.25, 0.3) is 0 Å². The third-order valence-corrected chi connectivity index (χ3v) is 8.64. The Morgan fingerprint density at radius 3 is 2.61 bits per heavy atom. The van der Waals surface area contributed by atoms with E-state index >= 15 is 0 Å². The van der Waals surface area contributed by atoms with Crippen molar-refractivity contribution in [2.75, 3.05) is 16.4 Å². The molecule has 2 aromatic carbocycles. The summed E-state index contributed by atoms with van der Waals surface area (Å²) < 4.78 is 37.2. The van der Waals surface area contributed by atoms with E-state index in [0.29, 0.717) is 11.6 Å². The number of aliphatic imine (C=N–C) groups is 1. The number of thioether (sulfide) groups is 1. The van der Waals surface area contributed by atoms with Crippen molar-refractivity contribution in [3.05, 3.63) is 64.4 Å². The van der Waals surface area contributed by atoms with Crippen LogP contribution in [0.1, 0.15) is 18.1 Å². The van der Waals surface area contributed by atoms with Crippen LogP contribution < -0.4 is 4.90 Å². The molecule has 8 heteroatoms. The van der Waals surface area contributed by atoms with Gasteiger partial charge in [-0.3, -0.25) is 4.99 Å². The summed E-state index contributed by atoms with van der Waals surface area (Å²) in [7, 11) is -3.01. The summed E-state index contributed by atoms with van der Waals surface area (Å²) in [5, 5.41) is 1.11. The standard InChI is InChI=1S/C20H20ClFN2O2S2/c1-2-13-3-7-16(8-4-13)24(10-14-5-6-15(22)9-17(14)21)20-23-18-11-28(25,26)12-19(18)27-20/h3-9,18-19H,2,10-12H2,1H3. The van der Waals surface area contributed by atoms with Crippen LogP contribution in [0.5, 0.6) is 0 Å². The summed E-state index contributed by atoms with van der Waals surface area (Å²) in [6.45, 7) is 2.53. The summed E-state index contributed by atoms with van der Waals surface area (Å²) >= 11 is 7.76. The summed E-state index contributed by atoms with van der Waals surface area (Å²) in [6, 6.07) is 12.4. The number of sulfone groups is 1. The molecule has 2 unspecified atom stereocenters. The molecule has 28 heavy (non-hydrogen) atoms. The van der Waals surface area contributed by atoms with Crippen molar-refractivity contribution < 1.29 is 12.8 Å². The van der Waals surface area contributed by atoms with E-state index in [4.69, 9.17) is 16.6 Å². The number of benzene rings is 2. The van der Waals surface area contributed by atoms with Crippen LogP contribution in [-0.4, -0.2) is 36.4 Å². The molecule has 1 fully saturated rings.